The number of piperidine rings is 1. The van der Waals surface area contributed by atoms with Gasteiger partial charge in [-0.25, -0.2) is 8.42 Å². The van der Waals surface area contributed by atoms with E-state index in [0.29, 0.717) is 19.4 Å². The summed E-state index contributed by atoms with van der Waals surface area (Å²) in [5, 5.41) is 12.7. The number of sulfonamides is 1. The molecule has 1 atom stereocenters. The van der Waals surface area contributed by atoms with E-state index in [9.17, 15) is 13.5 Å². The predicted molar refractivity (Wildman–Crippen MR) is 74.6 cm³/mol. The number of hydrogen-bond donors (Lipinski definition) is 2. The van der Waals surface area contributed by atoms with Crippen molar-refractivity contribution in [2.75, 3.05) is 25.0 Å². The lowest BCUT2D eigenvalue weighted by Crippen LogP contribution is -2.42. The van der Waals surface area contributed by atoms with Gasteiger partial charge in [-0.05, 0) is 44.0 Å². The molecule has 0 aromatic heterocycles. The molecule has 19 heavy (non-hydrogen) atoms. The summed E-state index contributed by atoms with van der Waals surface area (Å²) in [6, 6.07) is 6.73. The van der Waals surface area contributed by atoms with Crippen LogP contribution in [-0.2, 0) is 10.0 Å². The molecule has 5 nitrogen and oxygen atoms in total. The molecular weight excluding hydrogens is 264 g/mol. The van der Waals surface area contributed by atoms with E-state index >= 15 is 0 Å². The third kappa shape index (κ3) is 3.26. The van der Waals surface area contributed by atoms with Gasteiger partial charge in [0.05, 0.1) is 11.0 Å². The fourth-order valence-corrected chi connectivity index (χ4v) is 3.75. The van der Waals surface area contributed by atoms with Gasteiger partial charge in [-0.2, -0.15) is 4.31 Å². The number of aliphatic hydroxyl groups is 1. The van der Waals surface area contributed by atoms with Crippen LogP contribution in [0.3, 0.4) is 0 Å². The highest BCUT2D eigenvalue weighted by atomic mass is 32.2. The Bertz CT molecular complexity index is 513. The van der Waals surface area contributed by atoms with E-state index in [4.69, 9.17) is 0 Å². The molecule has 6 heteroatoms. The Balaban J connectivity index is 2.18. The fraction of sp³-hybridized carbons (Fsp3) is 0.538. The van der Waals surface area contributed by atoms with Crippen LogP contribution >= 0.6 is 0 Å². The first-order valence-corrected chi connectivity index (χ1v) is 8.00. The Morgan fingerprint density at radius 1 is 1.37 bits per heavy atom. The molecule has 106 valence electrons. The van der Waals surface area contributed by atoms with Crippen molar-refractivity contribution in [2.45, 2.75) is 30.8 Å². The molecule has 2 N–H and O–H groups in total. The lowest BCUT2D eigenvalue weighted by molar-refractivity contribution is 0.108. The molecule has 0 radical (unpaired) electrons. The van der Waals surface area contributed by atoms with Crippen LogP contribution in [0.4, 0.5) is 5.69 Å². The zero-order valence-electron chi connectivity index (χ0n) is 11.0. The summed E-state index contributed by atoms with van der Waals surface area (Å²) < 4.78 is 26.2. The van der Waals surface area contributed by atoms with Gasteiger partial charge in [0.25, 0.3) is 0 Å². The summed E-state index contributed by atoms with van der Waals surface area (Å²) in [6.45, 7) is 3.45. The van der Waals surface area contributed by atoms with Crippen LogP contribution in [0.25, 0.3) is 0 Å². The van der Waals surface area contributed by atoms with Crippen molar-refractivity contribution in [3.05, 3.63) is 24.3 Å². The minimum Gasteiger partial charge on any atom is -0.392 e. The highest BCUT2D eigenvalue weighted by molar-refractivity contribution is 7.89. The number of anilines is 1. The maximum absolute atomic E-state index is 12.4. The Hall–Kier alpha value is -1.11. The van der Waals surface area contributed by atoms with Gasteiger partial charge in [-0.1, -0.05) is 0 Å². The Morgan fingerprint density at radius 2 is 2.05 bits per heavy atom. The second-order valence-corrected chi connectivity index (χ2v) is 6.65. The van der Waals surface area contributed by atoms with Gasteiger partial charge in [-0.3, -0.25) is 0 Å². The van der Waals surface area contributed by atoms with Gasteiger partial charge in [0.1, 0.15) is 0 Å². The van der Waals surface area contributed by atoms with E-state index in [0.717, 1.165) is 12.2 Å². The first kappa shape index (κ1) is 14.3. The number of nitrogens with one attached hydrogen (secondary N) is 1. The van der Waals surface area contributed by atoms with Crippen LogP contribution in [-0.4, -0.2) is 43.6 Å². The van der Waals surface area contributed by atoms with Crippen LogP contribution in [0, 0.1) is 0 Å². The summed E-state index contributed by atoms with van der Waals surface area (Å²) in [4.78, 5) is 0.281. The molecule has 1 aromatic rings. The zero-order chi connectivity index (χ0) is 13.9. The van der Waals surface area contributed by atoms with Gasteiger partial charge in [0, 0.05) is 25.3 Å². The van der Waals surface area contributed by atoms with Crippen LogP contribution in [0.1, 0.15) is 19.8 Å². The summed E-state index contributed by atoms with van der Waals surface area (Å²) in [6.07, 6.45) is 0.825. The first-order chi connectivity index (χ1) is 9.04. The molecule has 1 saturated heterocycles. The molecule has 0 saturated carbocycles. The summed E-state index contributed by atoms with van der Waals surface area (Å²) in [5.74, 6) is 0. The average Bonchev–Trinajstić information content (AvgIpc) is 2.40. The predicted octanol–water partition coefficient (Wildman–Crippen LogP) is 1.26. The molecule has 1 unspecified atom stereocenters. The Kier molecular flexibility index (Phi) is 4.44. The minimum absolute atomic E-state index is 0.192. The van der Waals surface area contributed by atoms with Crippen molar-refractivity contribution in [1.82, 2.24) is 4.31 Å². The normalized spacial score (nSPS) is 21.3. The van der Waals surface area contributed by atoms with Gasteiger partial charge in [-0.15, -0.1) is 0 Å². The summed E-state index contributed by atoms with van der Waals surface area (Å²) in [5.41, 5.74) is 0.903. The van der Waals surface area contributed by atoms with E-state index in [1.54, 1.807) is 24.3 Å². The van der Waals surface area contributed by atoms with Gasteiger partial charge in [0.2, 0.25) is 10.0 Å². The second kappa shape index (κ2) is 5.90. The number of nitrogens with zero attached hydrogens (tertiary/aromatic N) is 1. The van der Waals surface area contributed by atoms with Crippen molar-refractivity contribution in [3.8, 4) is 0 Å². The quantitative estimate of drug-likeness (QED) is 0.873. The van der Waals surface area contributed by atoms with Gasteiger partial charge < -0.3 is 10.4 Å². The van der Waals surface area contributed by atoms with Crippen LogP contribution in [0.2, 0.25) is 0 Å². The van der Waals surface area contributed by atoms with E-state index in [2.05, 4.69) is 5.32 Å². The molecule has 0 aliphatic carbocycles. The number of β-amino-alcohol motifs (C(OH)–C–C–N with tert-alkyl or cyclic N) is 1. The number of rotatable bonds is 4. The molecule has 1 aromatic carbocycles. The maximum Gasteiger partial charge on any atom is 0.243 e. The van der Waals surface area contributed by atoms with Crippen LogP contribution < -0.4 is 5.32 Å². The topological polar surface area (TPSA) is 69.6 Å². The molecule has 0 spiro atoms. The standard InChI is InChI=1S/C13H20N2O3S/c1-2-14-11-5-7-13(8-6-11)19(17,18)15-9-3-4-12(16)10-15/h5-8,12,14,16H,2-4,9-10H2,1H3. The number of benzene rings is 1. The van der Waals surface area contributed by atoms with Crippen LogP contribution in [0.15, 0.2) is 29.2 Å². The molecule has 1 fully saturated rings. The average molecular weight is 284 g/mol. The van der Waals surface area contributed by atoms with E-state index < -0.39 is 16.1 Å². The Morgan fingerprint density at radius 3 is 2.63 bits per heavy atom. The molecule has 2 rings (SSSR count). The lowest BCUT2D eigenvalue weighted by Gasteiger charge is -2.29. The molecular formula is C13H20N2O3S. The number of hydrogen-bond acceptors (Lipinski definition) is 4. The van der Waals surface area contributed by atoms with Crippen molar-refractivity contribution >= 4 is 15.7 Å². The molecule has 0 amide bonds. The Labute approximate surface area is 114 Å². The highest BCUT2D eigenvalue weighted by Gasteiger charge is 2.29. The maximum atomic E-state index is 12.4. The minimum atomic E-state index is -3.48. The zero-order valence-corrected chi connectivity index (χ0v) is 11.9. The fourth-order valence-electron chi connectivity index (χ4n) is 2.24. The summed E-state index contributed by atoms with van der Waals surface area (Å²) in [7, 11) is -3.48. The van der Waals surface area contributed by atoms with Crippen molar-refractivity contribution in [2.24, 2.45) is 0 Å². The lowest BCUT2D eigenvalue weighted by atomic mass is 10.1. The van der Waals surface area contributed by atoms with Gasteiger partial charge in [0.15, 0.2) is 0 Å². The van der Waals surface area contributed by atoms with Crippen LogP contribution in [0.5, 0.6) is 0 Å². The number of aliphatic hydroxyl groups excluding tert-OH is 1. The first-order valence-electron chi connectivity index (χ1n) is 6.56. The molecule has 1 heterocycles. The molecule has 1 aliphatic rings. The van der Waals surface area contributed by atoms with E-state index in [1.165, 1.54) is 4.31 Å². The van der Waals surface area contributed by atoms with E-state index in [-0.39, 0.29) is 11.4 Å². The third-order valence-electron chi connectivity index (χ3n) is 3.23. The largest absolute Gasteiger partial charge is 0.392 e. The molecule has 1 aliphatic heterocycles. The second-order valence-electron chi connectivity index (χ2n) is 4.71. The SMILES string of the molecule is CCNc1ccc(S(=O)(=O)N2CCCC(O)C2)cc1. The highest BCUT2D eigenvalue weighted by Crippen LogP contribution is 2.22. The summed E-state index contributed by atoms with van der Waals surface area (Å²) >= 11 is 0. The third-order valence-corrected chi connectivity index (χ3v) is 5.11. The van der Waals surface area contributed by atoms with Gasteiger partial charge >= 0.3 is 0 Å². The molecule has 0 bridgehead atoms. The van der Waals surface area contributed by atoms with E-state index in [1.807, 2.05) is 6.92 Å². The van der Waals surface area contributed by atoms with Crippen molar-refractivity contribution in [1.29, 1.82) is 0 Å². The smallest absolute Gasteiger partial charge is 0.243 e. The monoisotopic (exact) mass is 284 g/mol. The van der Waals surface area contributed by atoms with Crippen molar-refractivity contribution < 1.29 is 13.5 Å². The van der Waals surface area contributed by atoms with Crippen molar-refractivity contribution in [3.63, 3.8) is 0 Å².